The van der Waals surface area contributed by atoms with Gasteiger partial charge in [-0.25, -0.2) is 4.57 Å². The van der Waals surface area contributed by atoms with Gasteiger partial charge in [0.15, 0.2) is 0 Å². The van der Waals surface area contributed by atoms with Crippen LogP contribution in [0.5, 0.6) is 0 Å². The van der Waals surface area contributed by atoms with Gasteiger partial charge in [0, 0.05) is 6.42 Å². The number of carbonyl (C=O) groups is 1. The van der Waals surface area contributed by atoms with Crippen LogP contribution in [-0.2, 0) is 18.4 Å². The molecule has 0 aliphatic heterocycles. The highest BCUT2D eigenvalue weighted by Crippen LogP contribution is 2.43. The van der Waals surface area contributed by atoms with Crippen molar-refractivity contribution in [2.24, 2.45) is 0 Å². The van der Waals surface area contributed by atoms with E-state index in [2.05, 4.69) is 43.5 Å². The third kappa shape index (κ3) is 66.2. The summed E-state index contributed by atoms with van der Waals surface area (Å²) in [5.41, 5.74) is 0. The number of aliphatic hydroxyl groups excluding tert-OH is 1. The first kappa shape index (κ1) is 80.7. The van der Waals surface area contributed by atoms with E-state index < -0.39 is 20.0 Å². The van der Waals surface area contributed by atoms with Crippen LogP contribution in [0.1, 0.15) is 373 Å². The van der Waals surface area contributed by atoms with Crippen LogP contribution in [-0.4, -0.2) is 73.4 Å². The third-order valence-corrected chi connectivity index (χ3v) is 17.8. The maximum atomic E-state index is 13.1. The van der Waals surface area contributed by atoms with E-state index in [1.807, 2.05) is 27.2 Å². The number of carbonyl (C=O) groups excluding carboxylic acids is 1. The average Bonchev–Trinajstić information content (AvgIpc) is 3.47. The molecule has 0 saturated carbocycles. The SMILES string of the molecule is CCCCCCCCCCCCCCC/C=C\C/C=C\CCCCCCCCCCCCCCCCCCCC(=O)NC(COP(=O)(O)OCC[N+](C)(C)C)C(O)/C=C/CCCCCCCCCCCCCCCCCCCCCCC. The van der Waals surface area contributed by atoms with Crippen LogP contribution >= 0.6 is 7.82 Å². The molecule has 0 fully saturated rings. The lowest BCUT2D eigenvalue weighted by Crippen LogP contribution is -2.45. The van der Waals surface area contributed by atoms with Gasteiger partial charge in [-0.2, -0.15) is 0 Å². The minimum atomic E-state index is -4.35. The Hall–Kier alpha value is -1.28. The van der Waals surface area contributed by atoms with Gasteiger partial charge in [-0.15, -0.1) is 0 Å². The Morgan fingerprint density at radius 3 is 1.00 bits per heavy atom. The second kappa shape index (κ2) is 64.2. The first-order chi connectivity index (χ1) is 40.0. The molecule has 0 spiro atoms. The molecule has 8 nitrogen and oxygen atoms in total. The van der Waals surface area contributed by atoms with Gasteiger partial charge in [0.25, 0.3) is 0 Å². The second-order valence-corrected chi connectivity index (χ2v) is 27.8. The molecule has 82 heavy (non-hydrogen) atoms. The van der Waals surface area contributed by atoms with E-state index in [9.17, 15) is 19.4 Å². The molecular weight excluding hydrogens is 1030 g/mol. The summed E-state index contributed by atoms with van der Waals surface area (Å²) in [6.07, 6.45) is 85.9. The number of quaternary nitrogens is 1. The monoisotopic (exact) mass is 1180 g/mol. The number of phosphoric acid groups is 1. The van der Waals surface area contributed by atoms with Gasteiger partial charge in [0.2, 0.25) is 5.91 Å². The number of hydrogen-bond donors (Lipinski definition) is 3. The number of rotatable bonds is 68. The Morgan fingerprint density at radius 1 is 0.415 bits per heavy atom. The number of nitrogens with one attached hydrogen (secondary N) is 1. The number of unbranched alkanes of at least 4 members (excludes halogenated alkanes) is 51. The van der Waals surface area contributed by atoms with Crippen molar-refractivity contribution < 1.29 is 32.9 Å². The quantitative estimate of drug-likeness (QED) is 0.0243. The standard InChI is InChI=1S/C73H143N2O6P/c1-6-8-10-12-14-16-18-20-22-24-26-28-30-31-32-33-34-35-36-37-38-39-40-41-42-43-45-47-49-51-53-55-57-59-61-63-65-67-73(77)74-71(70-81-82(78,79)80-69-68-75(3,4)5)72(76)66-64-62-60-58-56-54-52-50-48-46-44-29-27-25-23-21-19-17-15-13-11-9-7-2/h32-33,35-36,64,66,71-72,76H,6-31,34,37-63,65,67-70H2,1-5H3,(H-,74,77,78,79)/p+1/b33-32-,36-35-,66-64+. The Bertz CT molecular complexity index is 1430. The Kier molecular flexibility index (Phi) is 63.2. The molecule has 3 atom stereocenters. The van der Waals surface area contributed by atoms with E-state index in [4.69, 9.17) is 9.05 Å². The predicted octanol–water partition coefficient (Wildman–Crippen LogP) is 23.2. The fourth-order valence-corrected chi connectivity index (χ4v) is 11.9. The molecule has 3 N–H and O–H groups in total. The molecule has 486 valence electrons. The normalized spacial score (nSPS) is 13.8. The van der Waals surface area contributed by atoms with Gasteiger partial charge < -0.3 is 19.8 Å². The van der Waals surface area contributed by atoms with Crippen LogP contribution in [0, 0.1) is 0 Å². The molecule has 3 unspecified atom stereocenters. The highest BCUT2D eigenvalue weighted by Gasteiger charge is 2.28. The van der Waals surface area contributed by atoms with Gasteiger partial charge >= 0.3 is 7.82 Å². The zero-order valence-corrected chi connectivity index (χ0v) is 56.7. The van der Waals surface area contributed by atoms with E-state index in [1.54, 1.807) is 6.08 Å². The van der Waals surface area contributed by atoms with Crippen molar-refractivity contribution >= 4 is 13.7 Å². The predicted molar refractivity (Wildman–Crippen MR) is 360 cm³/mol. The van der Waals surface area contributed by atoms with Gasteiger partial charge in [-0.1, -0.05) is 352 Å². The molecule has 0 aliphatic carbocycles. The molecule has 0 saturated heterocycles. The summed E-state index contributed by atoms with van der Waals surface area (Å²) in [6, 6.07) is -0.847. The van der Waals surface area contributed by atoms with Gasteiger partial charge in [0.05, 0.1) is 39.9 Å². The number of hydrogen-bond acceptors (Lipinski definition) is 5. The molecule has 0 radical (unpaired) electrons. The van der Waals surface area contributed by atoms with Crippen molar-refractivity contribution in [3.63, 3.8) is 0 Å². The molecule has 0 aromatic rings. The van der Waals surface area contributed by atoms with Crippen LogP contribution in [0.4, 0.5) is 0 Å². The lowest BCUT2D eigenvalue weighted by molar-refractivity contribution is -0.870. The maximum absolute atomic E-state index is 13.1. The fourth-order valence-electron chi connectivity index (χ4n) is 11.2. The molecule has 0 aromatic heterocycles. The topological polar surface area (TPSA) is 105 Å². The summed E-state index contributed by atoms with van der Waals surface area (Å²) in [5, 5.41) is 14.0. The van der Waals surface area contributed by atoms with Gasteiger partial charge in [-0.3, -0.25) is 13.8 Å². The minimum Gasteiger partial charge on any atom is -0.387 e. The maximum Gasteiger partial charge on any atom is 0.472 e. The summed E-state index contributed by atoms with van der Waals surface area (Å²) >= 11 is 0. The number of aliphatic hydroxyl groups is 1. The van der Waals surface area contributed by atoms with E-state index in [1.165, 1.54) is 315 Å². The summed E-state index contributed by atoms with van der Waals surface area (Å²) in [4.78, 5) is 23.4. The van der Waals surface area contributed by atoms with Crippen molar-refractivity contribution in [3.05, 3.63) is 36.5 Å². The molecule has 0 bridgehead atoms. The first-order valence-electron chi connectivity index (χ1n) is 36.4. The van der Waals surface area contributed by atoms with Crippen LogP contribution in [0.3, 0.4) is 0 Å². The van der Waals surface area contributed by atoms with Crippen molar-refractivity contribution in [2.45, 2.75) is 386 Å². The third-order valence-electron chi connectivity index (χ3n) is 16.9. The molecular formula is C73H144N2O6P+. The summed E-state index contributed by atoms with van der Waals surface area (Å²) in [7, 11) is 1.59. The summed E-state index contributed by atoms with van der Waals surface area (Å²) in [5.74, 6) is -0.170. The van der Waals surface area contributed by atoms with Crippen LogP contribution < -0.4 is 5.32 Å². The number of nitrogens with zero attached hydrogens (tertiary/aromatic N) is 1. The number of likely N-dealkylation sites (N-methyl/N-ethyl adjacent to an activating group) is 1. The van der Waals surface area contributed by atoms with Crippen molar-refractivity contribution in [3.8, 4) is 0 Å². The molecule has 9 heteroatoms. The van der Waals surface area contributed by atoms with E-state index in [0.29, 0.717) is 17.4 Å². The lowest BCUT2D eigenvalue weighted by Gasteiger charge is -2.25. The van der Waals surface area contributed by atoms with Crippen LogP contribution in [0.2, 0.25) is 0 Å². The number of phosphoric ester groups is 1. The first-order valence-corrected chi connectivity index (χ1v) is 37.9. The van der Waals surface area contributed by atoms with E-state index in [0.717, 1.165) is 38.5 Å². The largest absolute Gasteiger partial charge is 0.472 e. The van der Waals surface area contributed by atoms with E-state index in [-0.39, 0.29) is 19.1 Å². The van der Waals surface area contributed by atoms with Crippen LogP contribution in [0.25, 0.3) is 0 Å². The highest BCUT2D eigenvalue weighted by atomic mass is 31.2. The van der Waals surface area contributed by atoms with E-state index >= 15 is 0 Å². The molecule has 1 amide bonds. The molecule has 0 aliphatic rings. The van der Waals surface area contributed by atoms with Crippen LogP contribution in [0.15, 0.2) is 36.5 Å². The number of amides is 1. The summed E-state index contributed by atoms with van der Waals surface area (Å²) in [6.45, 7) is 4.88. The van der Waals surface area contributed by atoms with Crippen molar-refractivity contribution in [1.29, 1.82) is 0 Å². The van der Waals surface area contributed by atoms with Crippen molar-refractivity contribution in [2.75, 3.05) is 40.9 Å². The molecule has 0 rings (SSSR count). The number of allylic oxidation sites excluding steroid dienone is 5. The molecule has 0 heterocycles. The zero-order chi connectivity index (χ0) is 59.8. The highest BCUT2D eigenvalue weighted by molar-refractivity contribution is 7.47. The minimum absolute atomic E-state index is 0.0633. The smallest absolute Gasteiger partial charge is 0.387 e. The lowest BCUT2D eigenvalue weighted by atomic mass is 10.0. The second-order valence-electron chi connectivity index (χ2n) is 26.3. The van der Waals surface area contributed by atoms with Gasteiger partial charge in [0.1, 0.15) is 13.2 Å². The Morgan fingerprint density at radius 2 is 0.695 bits per heavy atom. The summed E-state index contributed by atoms with van der Waals surface area (Å²) < 4.78 is 23.8. The van der Waals surface area contributed by atoms with Crippen molar-refractivity contribution in [1.82, 2.24) is 5.32 Å². The zero-order valence-electron chi connectivity index (χ0n) is 55.8. The Labute approximate surface area is 512 Å². The average molecular weight is 1180 g/mol. The fraction of sp³-hybridized carbons (Fsp3) is 0.904. The Balaban J connectivity index is 3.98. The molecule has 0 aromatic carbocycles. The van der Waals surface area contributed by atoms with Gasteiger partial charge in [-0.05, 0) is 51.4 Å².